The van der Waals surface area contributed by atoms with E-state index < -0.39 is 0 Å². The minimum atomic E-state index is -0.139. The molecule has 6 heteroatoms. The first-order valence-corrected chi connectivity index (χ1v) is 8.88. The van der Waals surface area contributed by atoms with Crippen molar-refractivity contribution in [1.29, 1.82) is 0 Å². The van der Waals surface area contributed by atoms with E-state index in [2.05, 4.69) is 54.1 Å². The lowest BCUT2D eigenvalue weighted by Gasteiger charge is -2.15. The molecule has 130 valence electrons. The second kappa shape index (κ2) is 8.87. The van der Waals surface area contributed by atoms with E-state index in [-0.39, 0.29) is 5.97 Å². The van der Waals surface area contributed by atoms with E-state index in [0.29, 0.717) is 6.42 Å². The molecule has 0 aliphatic carbocycles. The monoisotopic (exact) mass is 393 g/mol. The van der Waals surface area contributed by atoms with Gasteiger partial charge in [-0.1, -0.05) is 12.5 Å². The lowest BCUT2D eigenvalue weighted by molar-refractivity contribution is -0.140. The summed E-state index contributed by atoms with van der Waals surface area (Å²) in [4.78, 5) is 17.7. The number of nitrogens with zero attached hydrogens (tertiary/aromatic N) is 2. The van der Waals surface area contributed by atoms with Crippen LogP contribution in [0.3, 0.4) is 0 Å². The van der Waals surface area contributed by atoms with Crippen LogP contribution in [0.5, 0.6) is 0 Å². The number of fused-ring (bicyclic) bond motifs is 1. The molecule has 1 aromatic heterocycles. The molecule has 0 amide bonds. The lowest BCUT2D eigenvalue weighted by atomic mass is 10.1. The molecule has 0 radical (unpaired) electrons. The molecule has 0 spiro atoms. The predicted octanol–water partition coefficient (Wildman–Crippen LogP) is 4.21. The molecule has 0 fully saturated rings. The number of benzene rings is 1. The fourth-order valence-electron chi connectivity index (χ4n) is 2.50. The summed E-state index contributed by atoms with van der Waals surface area (Å²) in [6, 6.07) is 6.36. The number of halogens is 1. The molecule has 0 saturated heterocycles. The summed E-state index contributed by atoms with van der Waals surface area (Å²) in [5.41, 5.74) is 1.14. The van der Waals surface area contributed by atoms with Crippen LogP contribution in [0, 0.1) is 0 Å². The molecule has 0 unspecified atom stereocenters. The number of unbranched alkanes of at least 4 members (excludes halogenated alkanes) is 2. The molecule has 2 rings (SSSR count). The highest BCUT2D eigenvalue weighted by molar-refractivity contribution is 9.10. The number of rotatable bonds is 8. The van der Waals surface area contributed by atoms with Gasteiger partial charge in [-0.3, -0.25) is 4.79 Å². The Bertz CT molecular complexity index is 704. The van der Waals surface area contributed by atoms with Crippen molar-refractivity contribution >= 4 is 44.2 Å². The number of hydrogen-bond acceptors (Lipinski definition) is 5. The molecule has 0 bridgehead atoms. The predicted molar refractivity (Wildman–Crippen MR) is 103 cm³/mol. The number of carbonyl (C=O) groups is 1. The Morgan fingerprint density at radius 3 is 2.75 bits per heavy atom. The van der Waals surface area contributed by atoms with Gasteiger partial charge >= 0.3 is 5.97 Å². The smallest absolute Gasteiger partial charge is 0.305 e. The van der Waals surface area contributed by atoms with Gasteiger partial charge in [0.05, 0.1) is 7.11 Å². The molecule has 0 atom stereocenters. The highest BCUT2D eigenvalue weighted by atomic mass is 79.9. The molecule has 2 aromatic rings. The molecule has 0 aliphatic rings. The van der Waals surface area contributed by atoms with Gasteiger partial charge in [-0.05, 0) is 40.9 Å². The van der Waals surface area contributed by atoms with Crippen molar-refractivity contribution in [2.45, 2.75) is 25.7 Å². The van der Waals surface area contributed by atoms with E-state index in [1.165, 1.54) is 7.11 Å². The van der Waals surface area contributed by atoms with Crippen LogP contribution in [0.2, 0.25) is 0 Å². The Labute approximate surface area is 151 Å². The number of nitrogens with one attached hydrogen (secondary N) is 1. The SMILES string of the molecule is COC(=O)CCCCCNc1ncc(Br)c2ccc(N(C)C)cc12. The summed E-state index contributed by atoms with van der Waals surface area (Å²) in [7, 11) is 5.48. The zero-order chi connectivity index (χ0) is 17.5. The van der Waals surface area contributed by atoms with E-state index in [0.717, 1.165) is 52.6 Å². The zero-order valence-electron chi connectivity index (χ0n) is 14.4. The standard InChI is InChI=1S/C18H24BrN3O2/c1-22(2)13-8-9-14-15(11-13)18(21-12-16(14)19)20-10-6-4-5-7-17(23)24-3/h8-9,11-12H,4-7,10H2,1-3H3,(H,20,21). The number of anilines is 2. The van der Waals surface area contributed by atoms with Gasteiger partial charge in [-0.25, -0.2) is 4.98 Å². The fourth-order valence-corrected chi connectivity index (χ4v) is 2.94. The number of ether oxygens (including phenoxy) is 1. The fraction of sp³-hybridized carbons (Fsp3) is 0.444. The van der Waals surface area contributed by atoms with E-state index in [1.807, 2.05) is 20.3 Å². The first kappa shape index (κ1) is 18.5. The first-order valence-electron chi connectivity index (χ1n) is 8.09. The molecule has 1 aromatic carbocycles. The highest BCUT2D eigenvalue weighted by Gasteiger charge is 2.08. The van der Waals surface area contributed by atoms with Gasteiger partial charge in [0.15, 0.2) is 0 Å². The third kappa shape index (κ3) is 4.84. The van der Waals surface area contributed by atoms with E-state index in [9.17, 15) is 4.79 Å². The maximum atomic E-state index is 11.1. The number of pyridine rings is 1. The molecule has 24 heavy (non-hydrogen) atoms. The van der Waals surface area contributed by atoms with E-state index in [4.69, 9.17) is 0 Å². The Hall–Kier alpha value is -1.82. The van der Waals surface area contributed by atoms with Crippen LogP contribution in [-0.2, 0) is 9.53 Å². The summed E-state index contributed by atoms with van der Waals surface area (Å²) >= 11 is 3.57. The molecule has 1 heterocycles. The van der Waals surface area contributed by atoms with Gasteiger partial charge in [0.2, 0.25) is 0 Å². The summed E-state index contributed by atoms with van der Waals surface area (Å²) < 4.78 is 5.64. The van der Waals surface area contributed by atoms with Crippen LogP contribution >= 0.6 is 15.9 Å². The van der Waals surface area contributed by atoms with Crippen molar-refractivity contribution in [2.24, 2.45) is 0 Å². The minimum absolute atomic E-state index is 0.139. The Morgan fingerprint density at radius 1 is 1.25 bits per heavy atom. The van der Waals surface area contributed by atoms with Crippen molar-refractivity contribution < 1.29 is 9.53 Å². The Balaban J connectivity index is 1.99. The third-order valence-corrected chi connectivity index (χ3v) is 4.55. The normalized spacial score (nSPS) is 10.7. The Kier molecular flexibility index (Phi) is 6.85. The lowest BCUT2D eigenvalue weighted by Crippen LogP contribution is -2.09. The van der Waals surface area contributed by atoms with Crippen LogP contribution in [0.15, 0.2) is 28.9 Å². The van der Waals surface area contributed by atoms with Gasteiger partial charge in [0.25, 0.3) is 0 Å². The largest absolute Gasteiger partial charge is 0.469 e. The van der Waals surface area contributed by atoms with Gasteiger partial charge in [-0.15, -0.1) is 0 Å². The molecule has 0 aliphatic heterocycles. The summed E-state index contributed by atoms with van der Waals surface area (Å²) in [5, 5.41) is 5.66. The number of carbonyl (C=O) groups excluding carboxylic acids is 1. The summed E-state index contributed by atoms with van der Waals surface area (Å²) in [5.74, 6) is 0.754. The maximum Gasteiger partial charge on any atom is 0.305 e. The second-order valence-corrected chi connectivity index (χ2v) is 6.75. The van der Waals surface area contributed by atoms with Crippen LogP contribution in [0.25, 0.3) is 10.8 Å². The minimum Gasteiger partial charge on any atom is -0.469 e. The summed E-state index contributed by atoms with van der Waals surface area (Å²) in [6.07, 6.45) is 5.15. The number of hydrogen-bond donors (Lipinski definition) is 1. The Morgan fingerprint density at radius 2 is 2.04 bits per heavy atom. The van der Waals surface area contributed by atoms with Crippen LogP contribution < -0.4 is 10.2 Å². The average molecular weight is 394 g/mol. The molecular formula is C18H24BrN3O2. The number of aromatic nitrogens is 1. The van der Waals surface area contributed by atoms with E-state index >= 15 is 0 Å². The van der Waals surface area contributed by atoms with Gasteiger partial charge in [0, 0.05) is 54.2 Å². The van der Waals surface area contributed by atoms with Crippen molar-refractivity contribution in [3.05, 3.63) is 28.9 Å². The quantitative estimate of drug-likeness (QED) is 0.537. The van der Waals surface area contributed by atoms with Crippen LogP contribution in [0.1, 0.15) is 25.7 Å². The molecule has 1 N–H and O–H groups in total. The topological polar surface area (TPSA) is 54.5 Å². The van der Waals surface area contributed by atoms with Gasteiger partial charge < -0.3 is 15.0 Å². The maximum absolute atomic E-state index is 11.1. The van der Waals surface area contributed by atoms with Gasteiger partial charge in [0.1, 0.15) is 5.82 Å². The van der Waals surface area contributed by atoms with Crippen LogP contribution in [-0.4, -0.2) is 38.7 Å². The van der Waals surface area contributed by atoms with E-state index in [1.54, 1.807) is 0 Å². The third-order valence-electron chi connectivity index (χ3n) is 3.92. The van der Waals surface area contributed by atoms with Gasteiger partial charge in [-0.2, -0.15) is 0 Å². The molecule has 5 nitrogen and oxygen atoms in total. The second-order valence-electron chi connectivity index (χ2n) is 5.89. The number of methoxy groups -OCH3 is 1. The molecular weight excluding hydrogens is 370 g/mol. The van der Waals surface area contributed by atoms with Crippen molar-refractivity contribution in [3.8, 4) is 0 Å². The average Bonchev–Trinajstić information content (AvgIpc) is 2.59. The van der Waals surface area contributed by atoms with Crippen molar-refractivity contribution in [1.82, 2.24) is 4.98 Å². The highest BCUT2D eigenvalue weighted by Crippen LogP contribution is 2.31. The molecule has 0 saturated carbocycles. The number of esters is 1. The van der Waals surface area contributed by atoms with Crippen molar-refractivity contribution in [2.75, 3.05) is 38.0 Å². The summed E-state index contributed by atoms with van der Waals surface area (Å²) in [6.45, 7) is 0.830. The zero-order valence-corrected chi connectivity index (χ0v) is 16.0. The van der Waals surface area contributed by atoms with Crippen LogP contribution in [0.4, 0.5) is 11.5 Å². The first-order chi connectivity index (χ1) is 11.5. The van der Waals surface area contributed by atoms with Crippen molar-refractivity contribution in [3.63, 3.8) is 0 Å².